The average molecular weight is 288 g/mol. The first-order chi connectivity index (χ1) is 9.83. The predicted octanol–water partition coefficient (Wildman–Crippen LogP) is 3.54. The molecule has 3 nitrogen and oxygen atoms in total. The highest BCUT2D eigenvalue weighted by Crippen LogP contribution is 2.26. The van der Waals surface area contributed by atoms with Gasteiger partial charge in [0.2, 0.25) is 0 Å². The van der Waals surface area contributed by atoms with Crippen LogP contribution in [0, 0.1) is 5.92 Å². The SMILES string of the molecule is O=C(NCCc1csc2ccccc12)NCC1CCC1. The molecule has 3 rings (SSSR count). The Kier molecular flexibility index (Phi) is 4.21. The standard InChI is InChI=1S/C16H20N2OS/c19-16(18-10-12-4-3-5-12)17-9-8-13-11-20-15-7-2-1-6-14(13)15/h1-2,6-7,11-12H,3-5,8-10H2,(H2,17,18,19). The topological polar surface area (TPSA) is 41.1 Å². The molecule has 1 heterocycles. The number of hydrogen-bond donors (Lipinski definition) is 2. The van der Waals surface area contributed by atoms with Crippen molar-refractivity contribution in [3.63, 3.8) is 0 Å². The van der Waals surface area contributed by atoms with Crippen molar-refractivity contribution in [2.45, 2.75) is 25.7 Å². The lowest BCUT2D eigenvalue weighted by Gasteiger charge is -2.25. The second kappa shape index (κ2) is 6.27. The zero-order chi connectivity index (χ0) is 13.8. The van der Waals surface area contributed by atoms with Crippen LogP contribution in [0.2, 0.25) is 0 Å². The molecular formula is C16H20N2OS. The normalized spacial score (nSPS) is 15.0. The summed E-state index contributed by atoms with van der Waals surface area (Å²) < 4.78 is 1.32. The van der Waals surface area contributed by atoms with Gasteiger partial charge < -0.3 is 10.6 Å². The number of nitrogens with one attached hydrogen (secondary N) is 2. The van der Waals surface area contributed by atoms with Crippen molar-refractivity contribution in [1.82, 2.24) is 10.6 Å². The first-order valence-corrected chi connectivity index (χ1v) is 8.18. The molecule has 1 aliphatic rings. The van der Waals surface area contributed by atoms with Gasteiger partial charge in [0.05, 0.1) is 0 Å². The molecule has 0 spiro atoms. The van der Waals surface area contributed by atoms with Crippen molar-refractivity contribution in [2.24, 2.45) is 5.92 Å². The summed E-state index contributed by atoms with van der Waals surface area (Å²) in [5.41, 5.74) is 1.32. The molecular weight excluding hydrogens is 268 g/mol. The van der Waals surface area contributed by atoms with E-state index in [0.717, 1.165) is 13.0 Å². The molecule has 1 fully saturated rings. The number of fused-ring (bicyclic) bond motifs is 1. The Morgan fingerprint density at radius 3 is 2.90 bits per heavy atom. The molecule has 1 aromatic heterocycles. The minimum atomic E-state index is -0.0311. The third-order valence-electron chi connectivity index (χ3n) is 4.02. The number of carbonyl (C=O) groups excluding carboxylic acids is 1. The molecule has 2 aromatic rings. The second-order valence-electron chi connectivity index (χ2n) is 5.44. The fraction of sp³-hybridized carbons (Fsp3) is 0.438. The van der Waals surface area contributed by atoms with Gasteiger partial charge in [0, 0.05) is 17.8 Å². The van der Waals surface area contributed by atoms with E-state index in [1.807, 2.05) is 0 Å². The Bertz CT molecular complexity index is 589. The maximum Gasteiger partial charge on any atom is 0.314 e. The van der Waals surface area contributed by atoms with E-state index in [1.54, 1.807) is 11.3 Å². The van der Waals surface area contributed by atoms with Gasteiger partial charge in [0.1, 0.15) is 0 Å². The summed E-state index contributed by atoms with van der Waals surface area (Å²) in [6.07, 6.45) is 4.74. The van der Waals surface area contributed by atoms with Gasteiger partial charge in [-0.2, -0.15) is 0 Å². The molecule has 0 unspecified atom stereocenters. The highest BCUT2D eigenvalue weighted by molar-refractivity contribution is 7.17. The van der Waals surface area contributed by atoms with Crippen molar-refractivity contribution in [3.8, 4) is 0 Å². The minimum absolute atomic E-state index is 0.0311. The van der Waals surface area contributed by atoms with Crippen molar-refractivity contribution in [1.29, 1.82) is 0 Å². The summed E-state index contributed by atoms with van der Waals surface area (Å²) >= 11 is 1.77. The van der Waals surface area contributed by atoms with Gasteiger partial charge in [0.15, 0.2) is 0 Å². The fourth-order valence-electron chi connectivity index (χ4n) is 2.53. The molecule has 20 heavy (non-hydrogen) atoms. The van der Waals surface area contributed by atoms with E-state index >= 15 is 0 Å². The van der Waals surface area contributed by atoms with Gasteiger partial charge in [-0.1, -0.05) is 24.6 Å². The highest BCUT2D eigenvalue weighted by atomic mass is 32.1. The van der Waals surface area contributed by atoms with Crippen LogP contribution in [0.4, 0.5) is 4.79 Å². The average Bonchev–Trinajstić information content (AvgIpc) is 2.81. The second-order valence-corrected chi connectivity index (χ2v) is 6.35. The van der Waals surface area contributed by atoms with Gasteiger partial charge in [-0.25, -0.2) is 4.79 Å². The van der Waals surface area contributed by atoms with E-state index in [9.17, 15) is 4.79 Å². The van der Waals surface area contributed by atoms with Crippen LogP contribution in [0.3, 0.4) is 0 Å². The van der Waals surface area contributed by atoms with Crippen LogP contribution in [0.1, 0.15) is 24.8 Å². The Labute approximate surface area is 123 Å². The molecule has 1 aromatic carbocycles. The Balaban J connectivity index is 1.43. The monoisotopic (exact) mass is 288 g/mol. The number of thiophene rings is 1. The quantitative estimate of drug-likeness (QED) is 0.868. The summed E-state index contributed by atoms with van der Waals surface area (Å²) in [6.45, 7) is 1.52. The Hall–Kier alpha value is -1.55. The van der Waals surface area contributed by atoms with E-state index in [4.69, 9.17) is 0 Å². The fourth-order valence-corrected chi connectivity index (χ4v) is 3.53. The maximum absolute atomic E-state index is 11.7. The van der Waals surface area contributed by atoms with Gasteiger partial charge >= 0.3 is 6.03 Å². The van der Waals surface area contributed by atoms with Crippen LogP contribution in [-0.4, -0.2) is 19.1 Å². The molecule has 1 aliphatic carbocycles. The summed E-state index contributed by atoms with van der Waals surface area (Å²) in [7, 11) is 0. The molecule has 0 bridgehead atoms. The number of urea groups is 1. The van der Waals surface area contributed by atoms with Crippen molar-refractivity contribution in [2.75, 3.05) is 13.1 Å². The number of carbonyl (C=O) groups is 1. The molecule has 106 valence electrons. The molecule has 0 saturated heterocycles. The van der Waals surface area contributed by atoms with Crippen LogP contribution in [-0.2, 0) is 6.42 Å². The van der Waals surface area contributed by atoms with Crippen molar-refractivity contribution in [3.05, 3.63) is 35.2 Å². The van der Waals surface area contributed by atoms with E-state index in [0.29, 0.717) is 12.5 Å². The largest absolute Gasteiger partial charge is 0.338 e. The molecule has 0 aliphatic heterocycles. The molecule has 0 atom stereocenters. The van der Waals surface area contributed by atoms with Crippen LogP contribution >= 0.6 is 11.3 Å². The zero-order valence-corrected chi connectivity index (χ0v) is 12.3. The molecule has 4 heteroatoms. The first-order valence-electron chi connectivity index (χ1n) is 7.30. The van der Waals surface area contributed by atoms with Crippen molar-refractivity contribution < 1.29 is 4.79 Å². The number of amides is 2. The minimum Gasteiger partial charge on any atom is -0.338 e. The first kappa shape index (κ1) is 13.4. The highest BCUT2D eigenvalue weighted by Gasteiger charge is 2.17. The molecule has 2 amide bonds. The van der Waals surface area contributed by atoms with Gasteiger partial charge in [0.25, 0.3) is 0 Å². The van der Waals surface area contributed by atoms with Gasteiger partial charge in [-0.05, 0) is 47.6 Å². The molecule has 0 radical (unpaired) electrons. The summed E-state index contributed by atoms with van der Waals surface area (Å²) in [4.78, 5) is 11.7. The van der Waals surface area contributed by atoms with E-state index in [2.05, 4.69) is 40.3 Å². The van der Waals surface area contributed by atoms with Crippen LogP contribution in [0.25, 0.3) is 10.1 Å². The van der Waals surface area contributed by atoms with E-state index in [1.165, 1.54) is 34.9 Å². The molecule has 1 saturated carbocycles. The van der Waals surface area contributed by atoms with E-state index in [-0.39, 0.29) is 6.03 Å². The van der Waals surface area contributed by atoms with Crippen LogP contribution < -0.4 is 10.6 Å². The number of hydrogen-bond acceptors (Lipinski definition) is 2. The van der Waals surface area contributed by atoms with Crippen molar-refractivity contribution >= 4 is 27.5 Å². The van der Waals surface area contributed by atoms with Gasteiger partial charge in [-0.3, -0.25) is 0 Å². The Morgan fingerprint density at radius 1 is 1.25 bits per heavy atom. The maximum atomic E-state index is 11.7. The summed E-state index contributed by atoms with van der Waals surface area (Å²) in [5, 5.41) is 9.41. The lowest BCUT2D eigenvalue weighted by Crippen LogP contribution is -2.40. The number of rotatable bonds is 5. The van der Waals surface area contributed by atoms with Gasteiger partial charge in [-0.15, -0.1) is 11.3 Å². The predicted molar refractivity (Wildman–Crippen MR) is 84.3 cm³/mol. The Morgan fingerprint density at radius 2 is 2.10 bits per heavy atom. The smallest absolute Gasteiger partial charge is 0.314 e. The van der Waals surface area contributed by atoms with Crippen LogP contribution in [0.15, 0.2) is 29.6 Å². The third kappa shape index (κ3) is 3.12. The summed E-state index contributed by atoms with van der Waals surface area (Å²) in [6, 6.07) is 8.39. The van der Waals surface area contributed by atoms with Crippen LogP contribution in [0.5, 0.6) is 0 Å². The summed E-state index contributed by atoms with van der Waals surface area (Å²) in [5.74, 6) is 0.710. The third-order valence-corrected chi connectivity index (χ3v) is 5.03. The van der Waals surface area contributed by atoms with E-state index < -0.39 is 0 Å². The molecule has 2 N–H and O–H groups in total. The zero-order valence-electron chi connectivity index (χ0n) is 11.5. The lowest BCUT2D eigenvalue weighted by atomic mass is 9.85. The number of benzene rings is 1. The lowest BCUT2D eigenvalue weighted by molar-refractivity contribution is 0.232.